The normalized spacial score (nSPS) is 21.8. The summed E-state index contributed by atoms with van der Waals surface area (Å²) in [5.74, 6) is 1.62. The third-order valence-electron chi connectivity index (χ3n) is 3.42. The highest BCUT2D eigenvalue weighted by Gasteiger charge is 2.20. The van der Waals surface area contributed by atoms with Crippen LogP contribution in [0.15, 0.2) is 12.4 Å². The minimum Gasteiger partial charge on any atom is -0.341 e. The smallest absolute Gasteiger partial charge is 0.225 e. The SMILES string of the molecule is CCC(N)Cc1cnc(N2CCC(C)C2)nc1. The first-order valence-electron chi connectivity index (χ1n) is 6.50. The first-order valence-corrected chi connectivity index (χ1v) is 6.50. The fourth-order valence-corrected chi connectivity index (χ4v) is 2.18. The molecule has 1 aromatic heterocycles. The summed E-state index contributed by atoms with van der Waals surface area (Å²) in [5.41, 5.74) is 7.05. The van der Waals surface area contributed by atoms with E-state index in [4.69, 9.17) is 5.73 Å². The minimum absolute atomic E-state index is 0.219. The fraction of sp³-hybridized carbons (Fsp3) is 0.692. The fourth-order valence-electron chi connectivity index (χ4n) is 2.18. The molecule has 2 rings (SSSR count). The lowest BCUT2D eigenvalue weighted by Crippen LogP contribution is -2.23. The Bertz CT molecular complexity index is 349. The van der Waals surface area contributed by atoms with Crippen molar-refractivity contribution in [2.24, 2.45) is 11.7 Å². The Labute approximate surface area is 103 Å². The van der Waals surface area contributed by atoms with Crippen LogP contribution in [0.4, 0.5) is 5.95 Å². The van der Waals surface area contributed by atoms with Crippen molar-refractivity contribution < 1.29 is 0 Å². The van der Waals surface area contributed by atoms with Crippen molar-refractivity contribution in [3.05, 3.63) is 18.0 Å². The maximum absolute atomic E-state index is 5.92. The van der Waals surface area contributed by atoms with Crippen LogP contribution in [0.2, 0.25) is 0 Å². The van der Waals surface area contributed by atoms with E-state index < -0.39 is 0 Å². The van der Waals surface area contributed by atoms with Crippen LogP contribution in [0.5, 0.6) is 0 Å². The predicted octanol–water partition coefficient (Wildman–Crippen LogP) is 1.60. The van der Waals surface area contributed by atoms with Gasteiger partial charge in [0.1, 0.15) is 0 Å². The van der Waals surface area contributed by atoms with E-state index in [0.717, 1.165) is 43.4 Å². The zero-order valence-electron chi connectivity index (χ0n) is 10.8. The first-order chi connectivity index (χ1) is 8.19. The summed E-state index contributed by atoms with van der Waals surface area (Å²) >= 11 is 0. The Morgan fingerprint density at radius 2 is 2.18 bits per heavy atom. The van der Waals surface area contributed by atoms with Crippen LogP contribution >= 0.6 is 0 Å². The van der Waals surface area contributed by atoms with Crippen LogP contribution in [0.1, 0.15) is 32.3 Å². The molecule has 0 aliphatic carbocycles. The summed E-state index contributed by atoms with van der Waals surface area (Å²) in [7, 11) is 0. The van der Waals surface area contributed by atoms with E-state index in [1.807, 2.05) is 12.4 Å². The number of rotatable bonds is 4. The summed E-state index contributed by atoms with van der Waals surface area (Å²) in [4.78, 5) is 11.1. The molecule has 2 atom stereocenters. The van der Waals surface area contributed by atoms with E-state index in [-0.39, 0.29) is 6.04 Å². The molecular weight excluding hydrogens is 212 g/mol. The Hall–Kier alpha value is -1.16. The van der Waals surface area contributed by atoms with Crippen molar-refractivity contribution in [3.8, 4) is 0 Å². The van der Waals surface area contributed by atoms with Crippen molar-refractivity contribution in [2.75, 3.05) is 18.0 Å². The minimum atomic E-state index is 0.219. The topological polar surface area (TPSA) is 55.0 Å². The molecule has 0 spiro atoms. The molecule has 17 heavy (non-hydrogen) atoms. The Kier molecular flexibility index (Phi) is 3.94. The molecule has 1 fully saturated rings. The Morgan fingerprint density at radius 3 is 2.71 bits per heavy atom. The van der Waals surface area contributed by atoms with Gasteiger partial charge < -0.3 is 10.6 Å². The summed E-state index contributed by atoms with van der Waals surface area (Å²) in [6.45, 7) is 6.53. The second-order valence-electron chi connectivity index (χ2n) is 5.10. The summed E-state index contributed by atoms with van der Waals surface area (Å²) in [6, 6.07) is 0.219. The molecule has 0 amide bonds. The quantitative estimate of drug-likeness (QED) is 0.860. The summed E-state index contributed by atoms with van der Waals surface area (Å²) < 4.78 is 0. The number of nitrogens with zero attached hydrogens (tertiary/aromatic N) is 3. The molecule has 4 heteroatoms. The molecule has 0 bridgehead atoms. The van der Waals surface area contributed by atoms with Gasteiger partial charge in [-0.2, -0.15) is 0 Å². The molecule has 94 valence electrons. The number of aromatic nitrogens is 2. The van der Waals surface area contributed by atoms with Crippen molar-refractivity contribution in [2.45, 2.75) is 39.2 Å². The van der Waals surface area contributed by atoms with Crippen LogP contribution in [0.25, 0.3) is 0 Å². The van der Waals surface area contributed by atoms with E-state index in [2.05, 4.69) is 28.7 Å². The molecule has 2 unspecified atom stereocenters. The second kappa shape index (κ2) is 5.45. The number of anilines is 1. The lowest BCUT2D eigenvalue weighted by atomic mass is 10.1. The number of nitrogens with two attached hydrogens (primary N) is 1. The number of hydrogen-bond donors (Lipinski definition) is 1. The second-order valence-corrected chi connectivity index (χ2v) is 5.10. The molecule has 0 aromatic carbocycles. The zero-order valence-corrected chi connectivity index (χ0v) is 10.8. The van der Waals surface area contributed by atoms with Gasteiger partial charge in [-0.3, -0.25) is 0 Å². The highest BCUT2D eigenvalue weighted by atomic mass is 15.3. The van der Waals surface area contributed by atoms with Gasteiger partial charge in [0.05, 0.1) is 0 Å². The van der Waals surface area contributed by atoms with Gasteiger partial charge in [0.2, 0.25) is 5.95 Å². The Balaban J connectivity index is 1.98. The largest absolute Gasteiger partial charge is 0.341 e. The van der Waals surface area contributed by atoms with Crippen LogP contribution < -0.4 is 10.6 Å². The molecule has 1 saturated heterocycles. The summed E-state index contributed by atoms with van der Waals surface area (Å²) in [6.07, 6.45) is 6.94. The Morgan fingerprint density at radius 1 is 1.47 bits per heavy atom. The van der Waals surface area contributed by atoms with Gasteiger partial charge in [-0.15, -0.1) is 0 Å². The molecule has 4 nitrogen and oxygen atoms in total. The predicted molar refractivity (Wildman–Crippen MR) is 70.0 cm³/mol. The zero-order chi connectivity index (χ0) is 12.3. The van der Waals surface area contributed by atoms with Gasteiger partial charge in [0.25, 0.3) is 0 Å². The van der Waals surface area contributed by atoms with Gasteiger partial charge in [-0.05, 0) is 30.7 Å². The standard InChI is InChI=1S/C13H22N4/c1-3-12(14)6-11-7-15-13(16-8-11)17-5-4-10(2)9-17/h7-8,10,12H,3-6,9,14H2,1-2H3. The van der Waals surface area contributed by atoms with Crippen LogP contribution in [-0.2, 0) is 6.42 Å². The average Bonchev–Trinajstić information content (AvgIpc) is 2.77. The van der Waals surface area contributed by atoms with E-state index in [9.17, 15) is 0 Å². The molecule has 1 aliphatic rings. The lowest BCUT2D eigenvalue weighted by molar-refractivity contribution is 0.642. The van der Waals surface area contributed by atoms with Crippen molar-refractivity contribution in [1.29, 1.82) is 0 Å². The molecule has 2 N–H and O–H groups in total. The maximum atomic E-state index is 5.92. The number of hydrogen-bond acceptors (Lipinski definition) is 4. The van der Waals surface area contributed by atoms with Crippen molar-refractivity contribution in [1.82, 2.24) is 9.97 Å². The van der Waals surface area contributed by atoms with E-state index in [0.29, 0.717) is 0 Å². The molecule has 2 heterocycles. The third-order valence-corrected chi connectivity index (χ3v) is 3.42. The van der Waals surface area contributed by atoms with E-state index >= 15 is 0 Å². The monoisotopic (exact) mass is 234 g/mol. The van der Waals surface area contributed by atoms with Crippen molar-refractivity contribution >= 4 is 5.95 Å². The van der Waals surface area contributed by atoms with Crippen LogP contribution in [-0.4, -0.2) is 29.1 Å². The van der Waals surface area contributed by atoms with E-state index in [1.165, 1.54) is 6.42 Å². The maximum Gasteiger partial charge on any atom is 0.225 e. The highest BCUT2D eigenvalue weighted by Crippen LogP contribution is 2.19. The van der Waals surface area contributed by atoms with Gasteiger partial charge in [-0.25, -0.2) is 9.97 Å². The van der Waals surface area contributed by atoms with Gasteiger partial charge in [0.15, 0.2) is 0 Å². The molecule has 1 aliphatic heterocycles. The van der Waals surface area contributed by atoms with Crippen LogP contribution in [0, 0.1) is 5.92 Å². The van der Waals surface area contributed by atoms with Gasteiger partial charge in [-0.1, -0.05) is 13.8 Å². The van der Waals surface area contributed by atoms with Crippen molar-refractivity contribution in [3.63, 3.8) is 0 Å². The van der Waals surface area contributed by atoms with E-state index in [1.54, 1.807) is 0 Å². The first kappa shape index (κ1) is 12.3. The molecular formula is C13H22N4. The third kappa shape index (κ3) is 3.16. The molecule has 0 radical (unpaired) electrons. The highest BCUT2D eigenvalue weighted by molar-refractivity contribution is 5.31. The molecule has 1 aromatic rings. The van der Waals surface area contributed by atoms with Crippen LogP contribution in [0.3, 0.4) is 0 Å². The molecule has 0 saturated carbocycles. The average molecular weight is 234 g/mol. The van der Waals surface area contributed by atoms with Gasteiger partial charge in [0, 0.05) is 31.5 Å². The van der Waals surface area contributed by atoms with Gasteiger partial charge >= 0.3 is 0 Å². The lowest BCUT2D eigenvalue weighted by Gasteiger charge is -2.16. The summed E-state index contributed by atoms with van der Waals surface area (Å²) in [5, 5.41) is 0.